The zero-order chi connectivity index (χ0) is 12.4. The van der Waals surface area contributed by atoms with Gasteiger partial charge in [-0.05, 0) is 13.0 Å². The highest BCUT2D eigenvalue weighted by Crippen LogP contribution is 2.32. The predicted molar refractivity (Wildman–Crippen MR) is 67.2 cm³/mol. The Labute approximate surface area is 108 Å². The number of nitrogens with zero attached hydrogens (tertiary/aromatic N) is 2. The fourth-order valence-corrected chi connectivity index (χ4v) is 1.73. The lowest BCUT2D eigenvalue weighted by Crippen LogP contribution is -1.97. The van der Waals surface area contributed by atoms with Crippen molar-refractivity contribution < 1.29 is 4.74 Å². The molecule has 2 heterocycles. The van der Waals surface area contributed by atoms with Crippen LogP contribution in [0.1, 0.15) is 5.69 Å². The van der Waals surface area contributed by atoms with Gasteiger partial charge in [-0.15, -0.1) is 5.10 Å². The number of nitrogens with one attached hydrogen (secondary N) is 2. The minimum Gasteiger partial charge on any atom is -0.417 e. The minimum atomic E-state index is 0.256. The average Bonchev–Trinajstić information content (AvgIpc) is 2.68. The molecular weight excluding hydrogens is 263 g/mol. The van der Waals surface area contributed by atoms with Crippen molar-refractivity contribution in [3.8, 4) is 11.8 Å². The number of anilines is 1. The van der Waals surface area contributed by atoms with E-state index in [0.29, 0.717) is 21.7 Å². The molecule has 0 spiro atoms. The van der Waals surface area contributed by atoms with E-state index < -0.39 is 0 Å². The molecule has 2 N–H and O–H groups in total. The van der Waals surface area contributed by atoms with Crippen molar-refractivity contribution in [2.24, 2.45) is 0 Å². The molecular formula is C10H10Cl2N4O. The van der Waals surface area contributed by atoms with Gasteiger partial charge >= 0.3 is 0 Å². The highest BCUT2D eigenvalue weighted by Gasteiger charge is 2.11. The number of pyridine rings is 1. The molecule has 5 nitrogen and oxygen atoms in total. The van der Waals surface area contributed by atoms with Gasteiger partial charge in [0.2, 0.25) is 11.8 Å². The van der Waals surface area contributed by atoms with Gasteiger partial charge in [-0.1, -0.05) is 23.2 Å². The van der Waals surface area contributed by atoms with Crippen molar-refractivity contribution >= 4 is 29.0 Å². The number of aromatic nitrogens is 3. The third kappa shape index (κ3) is 2.62. The molecule has 0 atom stereocenters. The van der Waals surface area contributed by atoms with Gasteiger partial charge in [0.25, 0.3) is 0 Å². The molecule has 0 aromatic carbocycles. The Hall–Kier alpha value is -1.46. The van der Waals surface area contributed by atoms with Gasteiger partial charge in [-0.3, -0.25) is 5.10 Å². The first-order valence-electron chi connectivity index (χ1n) is 4.84. The first-order valence-corrected chi connectivity index (χ1v) is 5.59. The highest BCUT2D eigenvalue weighted by molar-refractivity contribution is 6.36. The summed E-state index contributed by atoms with van der Waals surface area (Å²) >= 11 is 11.9. The van der Waals surface area contributed by atoms with Crippen molar-refractivity contribution in [2.75, 3.05) is 12.4 Å². The smallest absolute Gasteiger partial charge is 0.242 e. The van der Waals surface area contributed by atoms with Crippen LogP contribution >= 0.6 is 23.2 Å². The Kier molecular flexibility index (Phi) is 3.40. The molecule has 17 heavy (non-hydrogen) atoms. The van der Waals surface area contributed by atoms with Crippen LogP contribution in [0.25, 0.3) is 0 Å². The normalized spacial score (nSPS) is 10.4. The van der Waals surface area contributed by atoms with Crippen molar-refractivity contribution in [1.29, 1.82) is 0 Å². The molecule has 0 aliphatic heterocycles. The molecule has 0 unspecified atom stereocenters. The summed E-state index contributed by atoms with van der Waals surface area (Å²) in [7, 11) is 1.71. The third-order valence-electron chi connectivity index (χ3n) is 2.02. The number of aromatic amines is 1. The number of rotatable bonds is 3. The number of H-pyrrole nitrogens is 1. The minimum absolute atomic E-state index is 0.256. The molecule has 0 saturated heterocycles. The SMILES string of the molecule is CNc1nc(Oc2cc(C)[nH]n2)c(Cl)cc1Cl. The fourth-order valence-electron chi connectivity index (χ4n) is 1.24. The van der Waals surface area contributed by atoms with Crippen LogP contribution in [0.2, 0.25) is 10.0 Å². The second-order valence-electron chi connectivity index (χ2n) is 3.35. The van der Waals surface area contributed by atoms with E-state index in [1.807, 2.05) is 6.92 Å². The molecule has 0 fully saturated rings. The number of hydrogen-bond donors (Lipinski definition) is 2. The van der Waals surface area contributed by atoms with Gasteiger partial charge < -0.3 is 10.1 Å². The molecule has 0 aliphatic carbocycles. The first kappa shape index (κ1) is 12.0. The summed E-state index contributed by atoms with van der Waals surface area (Å²) in [5.41, 5.74) is 0.888. The van der Waals surface area contributed by atoms with Crippen LogP contribution in [0.4, 0.5) is 5.82 Å². The molecule has 0 amide bonds. The van der Waals surface area contributed by atoms with Gasteiger partial charge in [-0.25, -0.2) is 0 Å². The maximum atomic E-state index is 5.98. The van der Waals surface area contributed by atoms with E-state index in [1.165, 1.54) is 0 Å². The Morgan fingerprint density at radius 2 is 2.06 bits per heavy atom. The fraction of sp³-hybridized carbons (Fsp3) is 0.200. The predicted octanol–water partition coefficient (Wildman–Crippen LogP) is 3.25. The van der Waals surface area contributed by atoms with Gasteiger partial charge in [0, 0.05) is 18.8 Å². The summed E-state index contributed by atoms with van der Waals surface area (Å²) in [5.74, 6) is 1.16. The van der Waals surface area contributed by atoms with Crippen LogP contribution < -0.4 is 10.1 Å². The van der Waals surface area contributed by atoms with Gasteiger partial charge in [-0.2, -0.15) is 4.98 Å². The molecule has 2 rings (SSSR count). The van der Waals surface area contributed by atoms with Crippen molar-refractivity contribution in [3.63, 3.8) is 0 Å². The standard InChI is InChI=1S/C10H10Cl2N4O/c1-5-3-8(16-15-5)17-10-7(12)4-6(11)9(13-2)14-10/h3-4H,1-2H3,(H,13,14)(H,15,16). The molecule has 7 heteroatoms. The maximum absolute atomic E-state index is 5.98. The van der Waals surface area contributed by atoms with E-state index in [9.17, 15) is 0 Å². The molecule has 0 aliphatic rings. The highest BCUT2D eigenvalue weighted by atomic mass is 35.5. The lowest BCUT2D eigenvalue weighted by molar-refractivity contribution is 0.444. The van der Waals surface area contributed by atoms with Crippen LogP contribution in [0, 0.1) is 6.92 Å². The van der Waals surface area contributed by atoms with Gasteiger partial charge in [0.1, 0.15) is 10.8 Å². The molecule has 0 radical (unpaired) electrons. The zero-order valence-electron chi connectivity index (χ0n) is 9.21. The Morgan fingerprint density at radius 1 is 1.29 bits per heavy atom. The first-order chi connectivity index (χ1) is 8.10. The lowest BCUT2D eigenvalue weighted by Gasteiger charge is -2.07. The average molecular weight is 273 g/mol. The molecule has 0 bridgehead atoms. The molecule has 2 aromatic rings. The number of hydrogen-bond acceptors (Lipinski definition) is 4. The second-order valence-corrected chi connectivity index (χ2v) is 4.16. The number of ether oxygens (including phenoxy) is 1. The van der Waals surface area contributed by atoms with Crippen LogP contribution in [-0.2, 0) is 0 Å². The summed E-state index contributed by atoms with van der Waals surface area (Å²) in [4.78, 5) is 4.14. The number of halogens is 2. The summed E-state index contributed by atoms with van der Waals surface area (Å²) in [6.07, 6.45) is 0. The molecule has 2 aromatic heterocycles. The van der Waals surface area contributed by atoms with Crippen molar-refractivity contribution in [3.05, 3.63) is 27.9 Å². The van der Waals surface area contributed by atoms with Crippen LogP contribution in [0.15, 0.2) is 12.1 Å². The van der Waals surface area contributed by atoms with Gasteiger partial charge in [0.15, 0.2) is 0 Å². The maximum Gasteiger partial charge on any atom is 0.242 e. The summed E-state index contributed by atoms with van der Waals surface area (Å²) in [5, 5.41) is 10.3. The topological polar surface area (TPSA) is 62.8 Å². The second kappa shape index (κ2) is 4.81. The van der Waals surface area contributed by atoms with E-state index in [-0.39, 0.29) is 5.88 Å². The third-order valence-corrected chi connectivity index (χ3v) is 2.58. The largest absolute Gasteiger partial charge is 0.417 e. The van der Waals surface area contributed by atoms with Crippen molar-refractivity contribution in [2.45, 2.75) is 6.92 Å². The Morgan fingerprint density at radius 3 is 2.65 bits per heavy atom. The van der Waals surface area contributed by atoms with E-state index in [4.69, 9.17) is 27.9 Å². The van der Waals surface area contributed by atoms with Crippen LogP contribution in [0.3, 0.4) is 0 Å². The number of aryl methyl sites for hydroxylation is 1. The molecule has 90 valence electrons. The van der Waals surface area contributed by atoms with E-state index in [1.54, 1.807) is 19.2 Å². The molecule has 0 saturated carbocycles. The Balaban J connectivity index is 2.32. The van der Waals surface area contributed by atoms with Gasteiger partial charge in [0.05, 0.1) is 5.02 Å². The lowest BCUT2D eigenvalue weighted by atomic mass is 10.4. The van der Waals surface area contributed by atoms with E-state index in [2.05, 4.69) is 20.5 Å². The quantitative estimate of drug-likeness (QED) is 0.901. The summed E-state index contributed by atoms with van der Waals surface area (Å²) in [6, 6.07) is 3.31. The van der Waals surface area contributed by atoms with Crippen molar-refractivity contribution in [1.82, 2.24) is 15.2 Å². The summed E-state index contributed by atoms with van der Waals surface area (Å²) < 4.78 is 5.44. The van der Waals surface area contributed by atoms with E-state index >= 15 is 0 Å². The Bertz CT molecular complexity index is 541. The summed E-state index contributed by atoms with van der Waals surface area (Å²) in [6.45, 7) is 1.87. The zero-order valence-corrected chi connectivity index (χ0v) is 10.7. The monoisotopic (exact) mass is 272 g/mol. The van der Waals surface area contributed by atoms with E-state index in [0.717, 1.165) is 5.69 Å². The van der Waals surface area contributed by atoms with Crippen LogP contribution in [0.5, 0.6) is 11.8 Å². The van der Waals surface area contributed by atoms with Crippen LogP contribution in [-0.4, -0.2) is 22.2 Å².